The Labute approximate surface area is 207 Å². The fraction of sp³-hybridized carbons (Fsp3) is 0.161. The third-order valence-corrected chi connectivity index (χ3v) is 5.84. The molecule has 176 valence electrons. The fourth-order valence-electron chi connectivity index (χ4n) is 4.14. The Morgan fingerprint density at radius 3 is 0.914 bits per heavy atom. The molecule has 2 amide bonds. The van der Waals surface area contributed by atoms with Gasteiger partial charge in [-0.1, -0.05) is 79.2 Å². The highest BCUT2D eigenvalue weighted by Crippen LogP contribution is 2.28. The van der Waals surface area contributed by atoms with Crippen molar-refractivity contribution in [2.45, 2.75) is 32.1 Å². The van der Waals surface area contributed by atoms with Gasteiger partial charge in [-0.3, -0.25) is 19.4 Å². The van der Waals surface area contributed by atoms with Crippen LogP contribution in [0.1, 0.15) is 32.1 Å². The molecule has 0 radical (unpaired) electrons. The summed E-state index contributed by atoms with van der Waals surface area (Å²) in [5, 5.41) is 0. The molecular formula is C31H30N2O2. The first-order valence-electron chi connectivity index (χ1n) is 12.1. The van der Waals surface area contributed by atoms with Gasteiger partial charge in [0, 0.05) is 35.6 Å². The first-order valence-corrected chi connectivity index (χ1v) is 12.1. The van der Waals surface area contributed by atoms with E-state index in [4.69, 9.17) is 0 Å². The molecule has 0 bridgehead atoms. The van der Waals surface area contributed by atoms with Crippen LogP contribution in [0.15, 0.2) is 121 Å². The van der Waals surface area contributed by atoms with Crippen LogP contribution in [0.2, 0.25) is 0 Å². The molecule has 0 aliphatic carbocycles. The monoisotopic (exact) mass is 462 g/mol. The number of hydrogen-bond donors (Lipinski definition) is 0. The van der Waals surface area contributed by atoms with Crippen LogP contribution >= 0.6 is 0 Å². The van der Waals surface area contributed by atoms with Gasteiger partial charge in [-0.2, -0.15) is 0 Å². The lowest BCUT2D eigenvalue weighted by Gasteiger charge is -2.24. The predicted molar refractivity (Wildman–Crippen MR) is 143 cm³/mol. The van der Waals surface area contributed by atoms with Crippen LogP contribution in [-0.4, -0.2) is 11.8 Å². The highest BCUT2D eigenvalue weighted by Gasteiger charge is 2.19. The van der Waals surface area contributed by atoms with E-state index in [1.807, 2.05) is 121 Å². The average molecular weight is 463 g/mol. The summed E-state index contributed by atoms with van der Waals surface area (Å²) in [7, 11) is 0. The lowest BCUT2D eigenvalue weighted by atomic mass is 10.1. The molecular weight excluding hydrogens is 432 g/mol. The Morgan fingerprint density at radius 2 is 0.657 bits per heavy atom. The number of benzene rings is 4. The number of unbranched alkanes of at least 4 members (excludes halogenated alkanes) is 2. The molecule has 0 unspecified atom stereocenters. The summed E-state index contributed by atoms with van der Waals surface area (Å²) >= 11 is 0. The van der Waals surface area contributed by atoms with Gasteiger partial charge in [0.2, 0.25) is 11.8 Å². The van der Waals surface area contributed by atoms with Crippen molar-refractivity contribution >= 4 is 34.6 Å². The average Bonchev–Trinajstić information content (AvgIpc) is 2.91. The topological polar surface area (TPSA) is 40.6 Å². The van der Waals surface area contributed by atoms with Gasteiger partial charge in [-0.25, -0.2) is 0 Å². The number of nitrogens with zero attached hydrogens (tertiary/aromatic N) is 2. The zero-order valence-electron chi connectivity index (χ0n) is 19.8. The van der Waals surface area contributed by atoms with E-state index < -0.39 is 0 Å². The van der Waals surface area contributed by atoms with Crippen molar-refractivity contribution in [2.24, 2.45) is 0 Å². The van der Waals surface area contributed by atoms with E-state index >= 15 is 0 Å². The minimum atomic E-state index is 0.0592. The van der Waals surface area contributed by atoms with E-state index in [1.165, 1.54) is 0 Å². The normalized spacial score (nSPS) is 10.5. The SMILES string of the molecule is O=C(CCCCCC(=O)N(c1ccccc1)c1ccccc1)N(c1ccccc1)c1ccccc1. The van der Waals surface area contributed by atoms with E-state index in [2.05, 4.69) is 0 Å². The van der Waals surface area contributed by atoms with Gasteiger partial charge in [0.15, 0.2) is 0 Å². The maximum absolute atomic E-state index is 13.2. The largest absolute Gasteiger partial charge is 0.281 e. The van der Waals surface area contributed by atoms with Crippen molar-refractivity contribution < 1.29 is 9.59 Å². The molecule has 0 spiro atoms. The summed E-state index contributed by atoms with van der Waals surface area (Å²) in [6, 6.07) is 38.9. The van der Waals surface area contributed by atoms with Crippen molar-refractivity contribution in [3.8, 4) is 0 Å². The van der Waals surface area contributed by atoms with Crippen LogP contribution in [0.4, 0.5) is 22.7 Å². The maximum atomic E-state index is 13.2. The number of anilines is 4. The summed E-state index contributed by atoms with van der Waals surface area (Å²) in [6.45, 7) is 0. The Hall–Kier alpha value is -4.18. The number of carbonyl (C=O) groups is 2. The van der Waals surface area contributed by atoms with Gasteiger partial charge in [0.25, 0.3) is 0 Å². The molecule has 0 aliphatic rings. The molecule has 0 aliphatic heterocycles. The minimum absolute atomic E-state index is 0.0592. The second kappa shape index (κ2) is 12.3. The Morgan fingerprint density at radius 1 is 0.400 bits per heavy atom. The molecule has 35 heavy (non-hydrogen) atoms. The molecule has 0 N–H and O–H groups in total. The molecule has 0 heterocycles. The van der Waals surface area contributed by atoms with Crippen LogP contribution < -0.4 is 9.80 Å². The number of para-hydroxylation sites is 4. The van der Waals surface area contributed by atoms with Crippen LogP contribution in [0, 0.1) is 0 Å². The Kier molecular flexibility index (Phi) is 8.44. The van der Waals surface area contributed by atoms with Gasteiger partial charge in [-0.15, -0.1) is 0 Å². The first-order chi connectivity index (χ1) is 17.2. The first kappa shape index (κ1) is 24.0. The zero-order chi connectivity index (χ0) is 24.3. The number of rotatable bonds is 10. The second-order valence-electron chi connectivity index (χ2n) is 8.36. The predicted octanol–water partition coefficient (Wildman–Crippen LogP) is 7.67. The molecule has 0 fully saturated rings. The van der Waals surface area contributed by atoms with Crippen molar-refractivity contribution in [1.82, 2.24) is 0 Å². The highest BCUT2D eigenvalue weighted by atomic mass is 16.2. The van der Waals surface area contributed by atoms with Gasteiger partial charge < -0.3 is 0 Å². The van der Waals surface area contributed by atoms with Crippen LogP contribution in [-0.2, 0) is 9.59 Å². The summed E-state index contributed by atoms with van der Waals surface area (Å²) in [5.74, 6) is 0.118. The third-order valence-electron chi connectivity index (χ3n) is 5.84. The van der Waals surface area contributed by atoms with E-state index in [9.17, 15) is 9.59 Å². The van der Waals surface area contributed by atoms with Crippen LogP contribution in [0.3, 0.4) is 0 Å². The fourth-order valence-corrected chi connectivity index (χ4v) is 4.14. The van der Waals surface area contributed by atoms with E-state index in [1.54, 1.807) is 9.80 Å². The molecule has 0 aromatic heterocycles. The zero-order valence-corrected chi connectivity index (χ0v) is 19.8. The van der Waals surface area contributed by atoms with Gasteiger partial charge in [-0.05, 0) is 61.4 Å². The quantitative estimate of drug-likeness (QED) is 0.227. The lowest BCUT2D eigenvalue weighted by molar-refractivity contribution is -0.118. The van der Waals surface area contributed by atoms with Crippen LogP contribution in [0.5, 0.6) is 0 Å². The number of amides is 2. The van der Waals surface area contributed by atoms with Crippen molar-refractivity contribution in [3.63, 3.8) is 0 Å². The molecule has 4 rings (SSSR count). The van der Waals surface area contributed by atoms with Gasteiger partial charge in [0.05, 0.1) is 0 Å². The summed E-state index contributed by atoms with van der Waals surface area (Å²) in [5.41, 5.74) is 3.45. The third kappa shape index (κ3) is 6.45. The Bertz CT molecular complexity index is 1020. The van der Waals surface area contributed by atoms with Gasteiger partial charge in [0.1, 0.15) is 0 Å². The van der Waals surface area contributed by atoms with E-state index in [0.29, 0.717) is 12.8 Å². The molecule has 4 heteroatoms. The molecule has 4 nitrogen and oxygen atoms in total. The van der Waals surface area contributed by atoms with Crippen molar-refractivity contribution in [2.75, 3.05) is 9.80 Å². The Balaban J connectivity index is 1.34. The summed E-state index contributed by atoms with van der Waals surface area (Å²) < 4.78 is 0. The number of carbonyl (C=O) groups excluding carboxylic acids is 2. The van der Waals surface area contributed by atoms with Crippen molar-refractivity contribution in [3.05, 3.63) is 121 Å². The smallest absolute Gasteiger partial charge is 0.231 e. The van der Waals surface area contributed by atoms with Crippen LogP contribution in [0.25, 0.3) is 0 Å². The molecule has 0 saturated carbocycles. The standard InChI is InChI=1S/C31H30N2O2/c34-30(32(26-16-6-1-7-17-26)27-18-8-2-9-19-27)24-14-5-15-25-31(35)33(28-20-10-3-11-21-28)29-22-12-4-13-23-29/h1-4,6-13,16-23H,5,14-15,24-25H2. The van der Waals surface area contributed by atoms with Gasteiger partial charge >= 0.3 is 0 Å². The lowest BCUT2D eigenvalue weighted by Crippen LogP contribution is -2.26. The number of hydrogen-bond acceptors (Lipinski definition) is 2. The second-order valence-corrected chi connectivity index (χ2v) is 8.36. The highest BCUT2D eigenvalue weighted by molar-refractivity contribution is 6.01. The summed E-state index contributed by atoms with van der Waals surface area (Å²) in [6.07, 6.45) is 3.14. The maximum Gasteiger partial charge on any atom is 0.231 e. The molecule has 0 saturated heterocycles. The molecule has 0 atom stereocenters. The summed E-state index contributed by atoms with van der Waals surface area (Å²) in [4.78, 5) is 29.9. The van der Waals surface area contributed by atoms with E-state index in [0.717, 1.165) is 42.0 Å². The molecule has 4 aromatic carbocycles. The van der Waals surface area contributed by atoms with Crippen molar-refractivity contribution in [1.29, 1.82) is 0 Å². The van der Waals surface area contributed by atoms with E-state index in [-0.39, 0.29) is 11.8 Å². The minimum Gasteiger partial charge on any atom is -0.281 e. The molecule has 4 aromatic rings.